The smallest absolute Gasteiger partial charge is 0.222 e. The van der Waals surface area contributed by atoms with Gasteiger partial charge in [-0.3, -0.25) is 14.5 Å². The molecular weight excluding hydrogens is 264 g/mol. The van der Waals surface area contributed by atoms with Crippen molar-refractivity contribution in [3.8, 4) is 0 Å². The average molecular weight is 286 g/mol. The fraction of sp³-hybridized carbons (Fsp3) is 0.529. The zero-order valence-corrected chi connectivity index (χ0v) is 12.8. The maximum atomic E-state index is 12.5. The second kappa shape index (κ2) is 5.60. The van der Waals surface area contributed by atoms with Gasteiger partial charge >= 0.3 is 0 Å². The average Bonchev–Trinajstić information content (AvgIpc) is 2.80. The van der Waals surface area contributed by atoms with E-state index in [1.165, 1.54) is 5.56 Å². The van der Waals surface area contributed by atoms with Gasteiger partial charge in [-0.15, -0.1) is 0 Å². The van der Waals surface area contributed by atoms with Crippen LogP contribution in [0.1, 0.15) is 34.3 Å². The van der Waals surface area contributed by atoms with Crippen LogP contribution in [-0.4, -0.2) is 53.7 Å². The van der Waals surface area contributed by atoms with E-state index < -0.39 is 0 Å². The topological polar surface area (TPSA) is 40.6 Å². The summed E-state index contributed by atoms with van der Waals surface area (Å²) in [7, 11) is 0. The van der Waals surface area contributed by atoms with Gasteiger partial charge in [0, 0.05) is 37.7 Å². The number of benzene rings is 1. The van der Waals surface area contributed by atoms with E-state index in [2.05, 4.69) is 11.0 Å². The zero-order chi connectivity index (χ0) is 15.0. The van der Waals surface area contributed by atoms with Gasteiger partial charge in [0.2, 0.25) is 5.91 Å². The number of nitrogens with zero attached hydrogens (tertiary/aromatic N) is 2. The molecule has 2 saturated heterocycles. The number of Topliss-reactive ketones (excluding diaryl/α,β-unsaturated/α-hetero) is 1. The van der Waals surface area contributed by atoms with Crippen LogP contribution in [0.3, 0.4) is 0 Å². The van der Waals surface area contributed by atoms with Crippen LogP contribution in [0.25, 0.3) is 0 Å². The molecule has 112 valence electrons. The van der Waals surface area contributed by atoms with E-state index in [9.17, 15) is 9.59 Å². The number of fused-ring (bicyclic) bond motifs is 1. The number of carbonyl (C=O) groups excluding carboxylic acids is 2. The Morgan fingerprint density at radius 2 is 2.10 bits per heavy atom. The summed E-state index contributed by atoms with van der Waals surface area (Å²) in [6.07, 6.45) is 1.61. The minimum atomic E-state index is 0.185. The number of amides is 1. The number of hydrogen-bond donors (Lipinski definition) is 0. The maximum absolute atomic E-state index is 12.5. The summed E-state index contributed by atoms with van der Waals surface area (Å²) in [5, 5.41) is 0. The zero-order valence-electron chi connectivity index (χ0n) is 12.8. The number of ketones is 1. The molecule has 1 amide bonds. The molecule has 1 aromatic carbocycles. The lowest BCUT2D eigenvalue weighted by Gasteiger charge is -2.37. The van der Waals surface area contributed by atoms with Crippen LogP contribution in [0, 0.1) is 13.8 Å². The molecule has 2 fully saturated rings. The highest BCUT2D eigenvalue weighted by Gasteiger charge is 2.35. The van der Waals surface area contributed by atoms with E-state index in [-0.39, 0.29) is 11.7 Å². The van der Waals surface area contributed by atoms with E-state index >= 15 is 0 Å². The molecule has 1 atom stereocenters. The summed E-state index contributed by atoms with van der Waals surface area (Å²) in [5.41, 5.74) is 3.06. The molecular formula is C17H22N2O2. The van der Waals surface area contributed by atoms with Crippen LogP contribution in [0.2, 0.25) is 0 Å². The van der Waals surface area contributed by atoms with Gasteiger partial charge in [0.15, 0.2) is 5.78 Å². The summed E-state index contributed by atoms with van der Waals surface area (Å²) in [4.78, 5) is 28.3. The lowest BCUT2D eigenvalue weighted by Crippen LogP contribution is -2.52. The SMILES string of the molecule is Cc1ccc(C(=O)CN2CCN3C(=O)CCC3C2)c(C)c1. The van der Waals surface area contributed by atoms with E-state index in [1.54, 1.807) is 0 Å². The van der Waals surface area contributed by atoms with Crippen molar-refractivity contribution < 1.29 is 9.59 Å². The van der Waals surface area contributed by atoms with Gasteiger partial charge < -0.3 is 4.90 Å². The number of carbonyl (C=O) groups is 2. The summed E-state index contributed by atoms with van der Waals surface area (Å²) < 4.78 is 0. The Hall–Kier alpha value is -1.68. The summed E-state index contributed by atoms with van der Waals surface area (Å²) in [6.45, 7) is 6.90. The molecule has 4 nitrogen and oxygen atoms in total. The molecule has 1 unspecified atom stereocenters. The molecule has 2 aliphatic rings. The number of piperazine rings is 1. The first-order chi connectivity index (χ1) is 10.0. The van der Waals surface area contributed by atoms with Gasteiger partial charge in [0.05, 0.1) is 6.54 Å². The van der Waals surface area contributed by atoms with Crippen molar-refractivity contribution in [1.29, 1.82) is 0 Å². The molecule has 21 heavy (non-hydrogen) atoms. The molecule has 0 radical (unpaired) electrons. The number of hydrogen-bond acceptors (Lipinski definition) is 3. The Labute approximate surface area is 125 Å². The van der Waals surface area contributed by atoms with Crippen LogP contribution in [0.4, 0.5) is 0 Å². The third-order valence-electron chi connectivity index (χ3n) is 4.63. The fourth-order valence-electron chi connectivity index (χ4n) is 3.49. The van der Waals surface area contributed by atoms with Crippen molar-refractivity contribution in [2.75, 3.05) is 26.2 Å². The van der Waals surface area contributed by atoms with E-state index in [0.29, 0.717) is 19.0 Å². The van der Waals surface area contributed by atoms with Crippen molar-refractivity contribution in [3.63, 3.8) is 0 Å². The monoisotopic (exact) mass is 286 g/mol. The Kier molecular flexibility index (Phi) is 3.81. The Morgan fingerprint density at radius 3 is 2.86 bits per heavy atom. The Balaban J connectivity index is 1.64. The molecule has 2 heterocycles. The largest absolute Gasteiger partial charge is 0.337 e. The summed E-state index contributed by atoms with van der Waals surface area (Å²) in [5.74, 6) is 0.464. The molecule has 0 aromatic heterocycles. The van der Waals surface area contributed by atoms with Crippen molar-refractivity contribution in [2.45, 2.75) is 32.7 Å². The van der Waals surface area contributed by atoms with E-state index in [4.69, 9.17) is 0 Å². The van der Waals surface area contributed by atoms with Crippen LogP contribution < -0.4 is 0 Å². The molecule has 0 saturated carbocycles. The van der Waals surface area contributed by atoms with Gasteiger partial charge in [-0.2, -0.15) is 0 Å². The van der Waals surface area contributed by atoms with Gasteiger partial charge in [0.1, 0.15) is 0 Å². The third-order valence-corrected chi connectivity index (χ3v) is 4.63. The highest BCUT2D eigenvalue weighted by atomic mass is 16.2. The van der Waals surface area contributed by atoms with Crippen LogP contribution in [0.5, 0.6) is 0 Å². The van der Waals surface area contributed by atoms with Crippen molar-refractivity contribution in [1.82, 2.24) is 9.80 Å². The third kappa shape index (κ3) is 2.86. The number of aryl methyl sites for hydroxylation is 2. The standard InChI is InChI=1S/C17H22N2O2/c1-12-3-5-15(13(2)9-12)16(20)11-18-7-8-19-14(10-18)4-6-17(19)21/h3,5,9,14H,4,6-8,10-11H2,1-2H3. The van der Waals surface area contributed by atoms with Crippen LogP contribution in [-0.2, 0) is 4.79 Å². The normalized spacial score (nSPS) is 22.5. The minimum Gasteiger partial charge on any atom is -0.337 e. The van der Waals surface area contributed by atoms with Crippen LogP contribution in [0.15, 0.2) is 18.2 Å². The van der Waals surface area contributed by atoms with Gasteiger partial charge in [-0.1, -0.05) is 23.8 Å². The first-order valence-corrected chi connectivity index (χ1v) is 7.67. The maximum Gasteiger partial charge on any atom is 0.222 e. The quantitative estimate of drug-likeness (QED) is 0.796. The number of rotatable bonds is 3. The lowest BCUT2D eigenvalue weighted by atomic mass is 10.0. The van der Waals surface area contributed by atoms with Gasteiger partial charge in [-0.05, 0) is 25.8 Å². The first-order valence-electron chi connectivity index (χ1n) is 7.67. The fourth-order valence-corrected chi connectivity index (χ4v) is 3.49. The molecule has 0 aliphatic carbocycles. The van der Waals surface area contributed by atoms with Crippen LogP contribution >= 0.6 is 0 Å². The molecule has 0 N–H and O–H groups in total. The molecule has 4 heteroatoms. The Morgan fingerprint density at radius 1 is 1.29 bits per heavy atom. The molecule has 2 aliphatic heterocycles. The second-order valence-electron chi connectivity index (χ2n) is 6.26. The second-order valence-corrected chi connectivity index (χ2v) is 6.26. The highest BCUT2D eigenvalue weighted by Crippen LogP contribution is 2.23. The molecule has 0 spiro atoms. The minimum absolute atomic E-state index is 0.185. The van der Waals surface area contributed by atoms with Gasteiger partial charge in [-0.25, -0.2) is 0 Å². The first kappa shape index (κ1) is 14.3. The van der Waals surface area contributed by atoms with Crippen molar-refractivity contribution in [3.05, 3.63) is 34.9 Å². The van der Waals surface area contributed by atoms with Crippen molar-refractivity contribution in [2.24, 2.45) is 0 Å². The summed E-state index contributed by atoms with van der Waals surface area (Å²) in [6, 6.07) is 6.30. The van der Waals surface area contributed by atoms with Gasteiger partial charge in [0.25, 0.3) is 0 Å². The summed E-state index contributed by atoms with van der Waals surface area (Å²) >= 11 is 0. The predicted molar refractivity (Wildman–Crippen MR) is 81.4 cm³/mol. The van der Waals surface area contributed by atoms with E-state index in [0.717, 1.165) is 37.2 Å². The van der Waals surface area contributed by atoms with E-state index in [1.807, 2.05) is 30.9 Å². The molecule has 0 bridgehead atoms. The van der Waals surface area contributed by atoms with Crippen molar-refractivity contribution >= 4 is 11.7 Å². The highest BCUT2D eigenvalue weighted by molar-refractivity contribution is 5.99. The predicted octanol–water partition coefficient (Wildman–Crippen LogP) is 1.79. The molecule has 3 rings (SSSR count). The lowest BCUT2D eigenvalue weighted by molar-refractivity contribution is -0.130. The Bertz CT molecular complexity index is 582. The molecule has 1 aromatic rings.